The summed E-state index contributed by atoms with van der Waals surface area (Å²) in [7, 11) is 0. The third kappa shape index (κ3) is 8.38. The van der Waals surface area contributed by atoms with E-state index in [2.05, 4.69) is 0 Å². The Bertz CT molecular complexity index is 633. The second-order valence-corrected chi connectivity index (χ2v) is 8.19. The highest BCUT2D eigenvalue weighted by atomic mass is 16.6. The monoisotopic (exact) mass is 393 g/mol. The zero-order chi connectivity index (χ0) is 21.3. The number of rotatable bonds is 9. The molecule has 0 bridgehead atoms. The van der Waals surface area contributed by atoms with Crippen molar-refractivity contribution in [3.05, 3.63) is 23.3 Å². The van der Waals surface area contributed by atoms with Crippen LogP contribution in [0.25, 0.3) is 0 Å². The van der Waals surface area contributed by atoms with Crippen molar-refractivity contribution in [1.29, 1.82) is 0 Å². The van der Waals surface area contributed by atoms with Crippen LogP contribution in [0.3, 0.4) is 0 Å². The van der Waals surface area contributed by atoms with Gasteiger partial charge in [-0.1, -0.05) is 18.6 Å². The molecule has 2 N–H and O–H groups in total. The second kappa shape index (κ2) is 11.1. The van der Waals surface area contributed by atoms with Crippen LogP contribution in [-0.2, 0) is 23.9 Å². The number of hydrogen-bond acceptors (Lipinski definition) is 5. The maximum absolute atomic E-state index is 12.2. The zero-order valence-corrected chi connectivity index (χ0v) is 17.9. The average molecular weight is 394 g/mol. The molecule has 0 saturated carbocycles. The molecule has 0 aromatic heterocycles. The molecule has 1 unspecified atom stereocenters. The van der Waals surface area contributed by atoms with Crippen LogP contribution in [-0.4, -0.2) is 36.0 Å². The molecule has 158 valence electrons. The van der Waals surface area contributed by atoms with E-state index in [1.54, 1.807) is 0 Å². The van der Waals surface area contributed by atoms with Gasteiger partial charge >= 0.3 is 5.97 Å². The Morgan fingerprint density at radius 2 is 2.00 bits per heavy atom. The van der Waals surface area contributed by atoms with Crippen LogP contribution in [0.15, 0.2) is 23.3 Å². The van der Waals surface area contributed by atoms with E-state index in [1.165, 1.54) is 13.0 Å². The smallest absolute Gasteiger partial charge is 0.303 e. The summed E-state index contributed by atoms with van der Waals surface area (Å²) in [6, 6.07) is 0. The van der Waals surface area contributed by atoms with Gasteiger partial charge in [-0.15, -0.1) is 0 Å². The molecule has 1 heterocycles. The molecule has 1 aliphatic rings. The second-order valence-electron chi connectivity index (χ2n) is 8.19. The molecule has 0 aromatic rings. The third-order valence-electron chi connectivity index (χ3n) is 5.22. The summed E-state index contributed by atoms with van der Waals surface area (Å²) in [5.41, 5.74) is 6.53. The number of carbonyl (C=O) groups excluding carboxylic acids is 3. The fourth-order valence-electron chi connectivity index (χ4n) is 3.40. The molecule has 1 aliphatic heterocycles. The summed E-state index contributed by atoms with van der Waals surface area (Å²) in [5.74, 6) is -0.652. The van der Waals surface area contributed by atoms with Crippen LogP contribution in [0.2, 0.25) is 0 Å². The minimum absolute atomic E-state index is 0.0255. The SMILES string of the molecule is CC(=O)O[C@@H]1CCC(=CC(N)=O)CO[C@@]1(C)CCCC(C)C(=O)CC=C(C)C. The maximum atomic E-state index is 12.2. The standard InChI is InChI=1S/C22H35NO5/c1-15(2)8-10-19(25)16(3)7-6-12-22(5)20(28-17(4)24)11-9-18(14-27-22)13-21(23)26/h8,13,16,20H,6-7,9-12,14H2,1-5H3,(H2,23,26)/t16?,20-,22+/m1/s1. The molecule has 1 saturated heterocycles. The fraction of sp³-hybridized carbons (Fsp3) is 0.682. The van der Waals surface area contributed by atoms with Gasteiger partial charge in [0, 0.05) is 25.3 Å². The molecule has 6 heteroatoms. The molecule has 1 amide bonds. The number of ketones is 1. The highest BCUT2D eigenvalue weighted by molar-refractivity contribution is 5.86. The Morgan fingerprint density at radius 1 is 1.32 bits per heavy atom. The Balaban J connectivity index is 2.74. The lowest BCUT2D eigenvalue weighted by Gasteiger charge is -2.35. The first-order valence-electron chi connectivity index (χ1n) is 9.99. The number of carbonyl (C=O) groups is 3. The van der Waals surface area contributed by atoms with Crippen LogP contribution in [0.1, 0.15) is 73.1 Å². The van der Waals surface area contributed by atoms with Crippen LogP contribution in [0.5, 0.6) is 0 Å². The summed E-state index contributed by atoms with van der Waals surface area (Å²) >= 11 is 0. The van der Waals surface area contributed by atoms with Crippen molar-refractivity contribution in [2.45, 2.75) is 84.8 Å². The summed E-state index contributed by atoms with van der Waals surface area (Å²) in [6.07, 6.45) is 6.77. The molecule has 1 fully saturated rings. The summed E-state index contributed by atoms with van der Waals surface area (Å²) in [4.78, 5) is 35.0. The highest BCUT2D eigenvalue weighted by Crippen LogP contribution is 2.34. The van der Waals surface area contributed by atoms with Gasteiger partial charge in [0.2, 0.25) is 5.91 Å². The largest absolute Gasteiger partial charge is 0.459 e. The Kier molecular flexibility index (Phi) is 9.59. The molecule has 0 radical (unpaired) electrons. The third-order valence-corrected chi connectivity index (χ3v) is 5.22. The number of esters is 1. The topological polar surface area (TPSA) is 95.7 Å². The number of Topliss-reactive ketones (excluding diaryl/α,β-unsaturated/α-hetero) is 1. The van der Waals surface area contributed by atoms with Crippen molar-refractivity contribution >= 4 is 17.7 Å². The molecule has 0 aromatic carbocycles. The number of ether oxygens (including phenoxy) is 2. The van der Waals surface area contributed by atoms with Gasteiger partial charge in [0.15, 0.2) is 0 Å². The first-order chi connectivity index (χ1) is 13.0. The van der Waals surface area contributed by atoms with Gasteiger partial charge in [-0.25, -0.2) is 0 Å². The summed E-state index contributed by atoms with van der Waals surface area (Å²) < 4.78 is 11.6. The van der Waals surface area contributed by atoms with Crippen molar-refractivity contribution in [1.82, 2.24) is 0 Å². The van der Waals surface area contributed by atoms with Crippen LogP contribution < -0.4 is 5.73 Å². The molecule has 0 aliphatic carbocycles. The van der Waals surface area contributed by atoms with E-state index in [-0.39, 0.29) is 24.3 Å². The molecule has 6 nitrogen and oxygen atoms in total. The molecule has 1 rings (SSSR count). The number of hydrogen-bond donors (Lipinski definition) is 1. The van der Waals surface area contributed by atoms with E-state index in [4.69, 9.17) is 15.2 Å². The number of nitrogens with two attached hydrogens (primary N) is 1. The van der Waals surface area contributed by atoms with Gasteiger partial charge in [0.1, 0.15) is 17.5 Å². The van der Waals surface area contributed by atoms with Crippen molar-refractivity contribution in [2.24, 2.45) is 11.7 Å². The quantitative estimate of drug-likeness (QED) is 0.367. The normalized spacial score (nSPS) is 24.9. The fourth-order valence-corrected chi connectivity index (χ4v) is 3.40. The van der Waals surface area contributed by atoms with Crippen LogP contribution in [0.4, 0.5) is 0 Å². The minimum Gasteiger partial charge on any atom is -0.459 e. The first kappa shape index (κ1) is 24.1. The van der Waals surface area contributed by atoms with E-state index in [1.807, 2.05) is 33.8 Å². The molecular formula is C22H35NO5. The summed E-state index contributed by atoms with van der Waals surface area (Å²) in [6.45, 7) is 9.52. The lowest BCUT2D eigenvalue weighted by Crippen LogP contribution is -2.43. The van der Waals surface area contributed by atoms with Gasteiger partial charge in [-0.2, -0.15) is 0 Å². The van der Waals surface area contributed by atoms with E-state index in [0.29, 0.717) is 25.7 Å². The Labute approximate surface area is 168 Å². The van der Waals surface area contributed by atoms with Crippen molar-refractivity contribution in [3.63, 3.8) is 0 Å². The highest BCUT2D eigenvalue weighted by Gasteiger charge is 2.39. The molecule has 28 heavy (non-hydrogen) atoms. The Hall–Kier alpha value is -1.95. The van der Waals surface area contributed by atoms with E-state index in [9.17, 15) is 14.4 Å². The lowest BCUT2D eigenvalue weighted by atomic mass is 9.87. The Morgan fingerprint density at radius 3 is 2.57 bits per heavy atom. The lowest BCUT2D eigenvalue weighted by molar-refractivity contribution is -0.167. The average Bonchev–Trinajstić information content (AvgIpc) is 2.72. The molecule has 0 spiro atoms. The van der Waals surface area contributed by atoms with Crippen molar-refractivity contribution in [3.8, 4) is 0 Å². The number of allylic oxidation sites excluding steroid dienone is 2. The van der Waals surface area contributed by atoms with Crippen molar-refractivity contribution in [2.75, 3.05) is 6.61 Å². The van der Waals surface area contributed by atoms with Gasteiger partial charge in [0.25, 0.3) is 0 Å². The molecule has 3 atom stereocenters. The van der Waals surface area contributed by atoms with Crippen LogP contribution >= 0.6 is 0 Å². The maximum Gasteiger partial charge on any atom is 0.303 e. The van der Waals surface area contributed by atoms with Gasteiger partial charge < -0.3 is 15.2 Å². The predicted octanol–water partition coefficient (Wildman–Crippen LogP) is 3.63. The van der Waals surface area contributed by atoms with Gasteiger partial charge in [-0.05, 0) is 58.4 Å². The van der Waals surface area contributed by atoms with E-state index >= 15 is 0 Å². The minimum atomic E-state index is -0.665. The van der Waals surface area contributed by atoms with E-state index < -0.39 is 17.6 Å². The van der Waals surface area contributed by atoms with Crippen LogP contribution in [0, 0.1) is 5.92 Å². The van der Waals surface area contributed by atoms with Gasteiger partial charge in [-0.3, -0.25) is 14.4 Å². The summed E-state index contributed by atoms with van der Waals surface area (Å²) in [5, 5.41) is 0. The van der Waals surface area contributed by atoms with Crippen molar-refractivity contribution < 1.29 is 23.9 Å². The van der Waals surface area contributed by atoms with E-state index in [0.717, 1.165) is 24.0 Å². The molecular weight excluding hydrogens is 358 g/mol. The number of primary amides is 1. The van der Waals surface area contributed by atoms with Gasteiger partial charge in [0.05, 0.1) is 6.61 Å². The first-order valence-corrected chi connectivity index (χ1v) is 9.99. The predicted molar refractivity (Wildman–Crippen MR) is 108 cm³/mol. The number of amides is 1. The zero-order valence-electron chi connectivity index (χ0n) is 17.9.